The number of halogens is 4. The van der Waals surface area contributed by atoms with Crippen molar-refractivity contribution in [3.8, 4) is 0 Å². The van der Waals surface area contributed by atoms with Gasteiger partial charge in [-0.1, -0.05) is 18.5 Å². The summed E-state index contributed by atoms with van der Waals surface area (Å²) in [6.07, 6.45) is -4.00. The number of nitrogens with one attached hydrogen (secondary N) is 1. The molecule has 1 aromatic rings. The van der Waals surface area contributed by atoms with Crippen LogP contribution in [0.15, 0.2) is 18.2 Å². The van der Waals surface area contributed by atoms with Crippen molar-refractivity contribution in [2.75, 3.05) is 11.9 Å². The van der Waals surface area contributed by atoms with Crippen molar-refractivity contribution in [1.29, 1.82) is 0 Å². The summed E-state index contributed by atoms with van der Waals surface area (Å²) in [5.41, 5.74) is -1.36. The first kappa shape index (κ1) is 20.3. The lowest BCUT2D eigenvalue weighted by atomic mass is 10.1. The number of amides is 2. The van der Waals surface area contributed by atoms with Crippen LogP contribution in [0.3, 0.4) is 0 Å². The van der Waals surface area contributed by atoms with E-state index >= 15 is 0 Å². The van der Waals surface area contributed by atoms with Crippen LogP contribution in [0.25, 0.3) is 0 Å². The summed E-state index contributed by atoms with van der Waals surface area (Å²) in [6, 6.07) is 3.10. The monoisotopic (exact) mass is 364 g/mol. The normalized spacial score (nSPS) is 12.6. The van der Waals surface area contributed by atoms with E-state index in [4.69, 9.17) is 11.6 Å². The number of carbonyl (C=O) groups is 2. The molecule has 1 rings (SSSR count). The Bertz CT molecular complexity index is 605. The Labute approximate surface area is 144 Å². The molecule has 0 aliphatic heterocycles. The highest BCUT2D eigenvalue weighted by Crippen LogP contribution is 2.36. The molecule has 0 heterocycles. The zero-order valence-corrected chi connectivity index (χ0v) is 14.5. The Morgan fingerprint density at radius 2 is 1.96 bits per heavy atom. The minimum Gasteiger partial charge on any atom is -0.340 e. The molecule has 1 N–H and O–H groups in total. The number of benzene rings is 1. The third-order valence-corrected chi connectivity index (χ3v) is 3.90. The van der Waals surface area contributed by atoms with Gasteiger partial charge in [-0.3, -0.25) is 9.59 Å². The summed E-state index contributed by atoms with van der Waals surface area (Å²) in [6.45, 7) is 5.29. The van der Waals surface area contributed by atoms with Gasteiger partial charge in [-0.25, -0.2) is 0 Å². The van der Waals surface area contributed by atoms with Gasteiger partial charge in [0.25, 0.3) is 0 Å². The van der Waals surface area contributed by atoms with Crippen molar-refractivity contribution in [3.05, 3.63) is 28.8 Å². The summed E-state index contributed by atoms with van der Waals surface area (Å²) < 4.78 is 39.0. The van der Waals surface area contributed by atoms with Gasteiger partial charge in [0.1, 0.15) is 0 Å². The molecule has 0 saturated heterocycles. The van der Waals surface area contributed by atoms with Gasteiger partial charge in [0.15, 0.2) is 0 Å². The van der Waals surface area contributed by atoms with E-state index in [1.807, 2.05) is 13.8 Å². The third kappa shape index (κ3) is 5.70. The Balaban J connectivity index is 2.80. The topological polar surface area (TPSA) is 49.4 Å². The van der Waals surface area contributed by atoms with Crippen LogP contribution in [0.2, 0.25) is 5.02 Å². The highest BCUT2D eigenvalue weighted by atomic mass is 35.5. The van der Waals surface area contributed by atoms with Crippen molar-refractivity contribution in [1.82, 2.24) is 4.90 Å². The predicted octanol–water partition coefficient (Wildman–Crippen LogP) is 4.33. The van der Waals surface area contributed by atoms with Gasteiger partial charge in [0.2, 0.25) is 11.8 Å². The Morgan fingerprint density at radius 3 is 2.46 bits per heavy atom. The second-order valence-corrected chi connectivity index (χ2v) is 5.89. The molecule has 0 fully saturated rings. The van der Waals surface area contributed by atoms with E-state index in [-0.39, 0.29) is 35.6 Å². The molecular formula is C16H20ClF3N2O2. The number of hydrogen-bond donors (Lipinski definition) is 1. The summed E-state index contributed by atoms with van der Waals surface area (Å²) in [5.74, 6) is -0.781. The Hall–Kier alpha value is -1.76. The summed E-state index contributed by atoms with van der Waals surface area (Å²) in [7, 11) is 0. The zero-order valence-electron chi connectivity index (χ0n) is 13.7. The van der Waals surface area contributed by atoms with Gasteiger partial charge < -0.3 is 10.2 Å². The van der Waals surface area contributed by atoms with E-state index in [9.17, 15) is 22.8 Å². The number of anilines is 1. The van der Waals surface area contributed by atoms with Crippen LogP contribution in [-0.4, -0.2) is 29.3 Å². The molecule has 1 aromatic carbocycles. The standard InChI is InChI=1S/C16H20ClF3N2O2/c1-4-10(2)22(11(3)23)8-7-15(24)21-14-6-5-12(17)9-13(14)16(18,19)20/h5-6,9-10H,4,7-8H2,1-3H3,(H,21,24). The van der Waals surface area contributed by atoms with Gasteiger partial charge in [0.05, 0.1) is 11.3 Å². The molecule has 0 aromatic heterocycles. The van der Waals surface area contributed by atoms with Crippen LogP contribution >= 0.6 is 11.6 Å². The molecular weight excluding hydrogens is 345 g/mol. The number of nitrogens with zero attached hydrogens (tertiary/aromatic N) is 1. The maximum absolute atomic E-state index is 13.0. The molecule has 134 valence electrons. The summed E-state index contributed by atoms with van der Waals surface area (Å²) >= 11 is 5.59. The average Bonchev–Trinajstić information content (AvgIpc) is 2.47. The quantitative estimate of drug-likeness (QED) is 0.816. The van der Waals surface area contributed by atoms with Crippen LogP contribution in [0.1, 0.15) is 39.2 Å². The molecule has 4 nitrogen and oxygen atoms in total. The molecule has 2 amide bonds. The fourth-order valence-electron chi connectivity index (χ4n) is 2.20. The highest BCUT2D eigenvalue weighted by Gasteiger charge is 2.34. The third-order valence-electron chi connectivity index (χ3n) is 3.67. The van der Waals surface area contributed by atoms with E-state index in [1.165, 1.54) is 17.9 Å². The Kier molecular flexibility index (Phi) is 7.08. The van der Waals surface area contributed by atoms with Crippen LogP contribution in [0, 0.1) is 0 Å². The number of alkyl halides is 3. The zero-order chi connectivity index (χ0) is 18.5. The lowest BCUT2D eigenvalue weighted by molar-refractivity contribution is -0.137. The predicted molar refractivity (Wildman–Crippen MR) is 86.8 cm³/mol. The maximum Gasteiger partial charge on any atom is 0.418 e. The van der Waals surface area contributed by atoms with Crippen LogP contribution < -0.4 is 5.32 Å². The van der Waals surface area contributed by atoms with Gasteiger partial charge in [-0.2, -0.15) is 13.2 Å². The first-order valence-electron chi connectivity index (χ1n) is 7.50. The van der Waals surface area contributed by atoms with Gasteiger partial charge in [-0.15, -0.1) is 0 Å². The van der Waals surface area contributed by atoms with E-state index in [1.54, 1.807) is 0 Å². The Morgan fingerprint density at radius 1 is 1.33 bits per heavy atom. The van der Waals surface area contributed by atoms with Gasteiger partial charge >= 0.3 is 6.18 Å². The molecule has 0 aliphatic carbocycles. The van der Waals surface area contributed by atoms with Crippen molar-refractivity contribution in [2.24, 2.45) is 0 Å². The minimum absolute atomic E-state index is 0.0448. The van der Waals surface area contributed by atoms with Crippen LogP contribution in [0.4, 0.5) is 18.9 Å². The minimum atomic E-state index is -4.63. The van der Waals surface area contributed by atoms with Crippen molar-refractivity contribution < 1.29 is 22.8 Å². The first-order valence-corrected chi connectivity index (χ1v) is 7.87. The molecule has 8 heteroatoms. The fraction of sp³-hybridized carbons (Fsp3) is 0.500. The lowest BCUT2D eigenvalue weighted by Crippen LogP contribution is -2.38. The maximum atomic E-state index is 13.0. The molecule has 24 heavy (non-hydrogen) atoms. The molecule has 0 radical (unpaired) electrons. The smallest absolute Gasteiger partial charge is 0.340 e. The largest absolute Gasteiger partial charge is 0.418 e. The van der Waals surface area contributed by atoms with Gasteiger partial charge in [-0.05, 0) is 31.5 Å². The second kappa shape index (κ2) is 8.37. The molecule has 0 spiro atoms. The van der Waals surface area contributed by atoms with Crippen molar-refractivity contribution in [3.63, 3.8) is 0 Å². The summed E-state index contributed by atoms with van der Waals surface area (Å²) in [5, 5.41) is 2.17. The van der Waals surface area contributed by atoms with Gasteiger partial charge in [0, 0.05) is 31.0 Å². The van der Waals surface area contributed by atoms with E-state index < -0.39 is 17.6 Å². The molecule has 0 bridgehead atoms. The van der Waals surface area contributed by atoms with E-state index in [0.717, 1.165) is 18.6 Å². The van der Waals surface area contributed by atoms with E-state index in [2.05, 4.69) is 5.32 Å². The molecule has 0 saturated carbocycles. The molecule has 0 aliphatic rings. The first-order chi connectivity index (χ1) is 11.1. The highest BCUT2D eigenvalue weighted by molar-refractivity contribution is 6.30. The van der Waals surface area contributed by atoms with E-state index in [0.29, 0.717) is 0 Å². The van der Waals surface area contributed by atoms with Crippen molar-refractivity contribution in [2.45, 2.75) is 45.8 Å². The second-order valence-electron chi connectivity index (χ2n) is 5.46. The van der Waals surface area contributed by atoms with Crippen LogP contribution in [-0.2, 0) is 15.8 Å². The molecule has 1 unspecified atom stereocenters. The molecule has 1 atom stereocenters. The van der Waals surface area contributed by atoms with Crippen LogP contribution in [0.5, 0.6) is 0 Å². The SMILES string of the molecule is CCC(C)N(CCC(=O)Nc1ccc(Cl)cc1C(F)(F)F)C(C)=O. The van der Waals surface area contributed by atoms with Crippen molar-refractivity contribution >= 4 is 29.1 Å². The number of rotatable bonds is 6. The summed E-state index contributed by atoms with van der Waals surface area (Å²) in [4.78, 5) is 25.1. The lowest BCUT2D eigenvalue weighted by Gasteiger charge is -2.27. The number of carbonyl (C=O) groups excluding carboxylic acids is 2. The fourth-order valence-corrected chi connectivity index (χ4v) is 2.38. The average molecular weight is 365 g/mol. The number of hydrogen-bond acceptors (Lipinski definition) is 2.